The molecule has 0 aliphatic carbocycles. The van der Waals surface area contributed by atoms with E-state index in [4.69, 9.17) is 14.3 Å². The van der Waals surface area contributed by atoms with Crippen LogP contribution in [0.3, 0.4) is 0 Å². The Morgan fingerprint density at radius 1 is 1.15 bits per heavy atom. The first kappa shape index (κ1) is 23.5. The Hall–Kier alpha value is -3.61. The van der Waals surface area contributed by atoms with Gasteiger partial charge in [-0.05, 0) is 48.5 Å². The zero-order valence-corrected chi connectivity index (χ0v) is 19.7. The van der Waals surface area contributed by atoms with Crippen LogP contribution in [0, 0.1) is 0 Å². The van der Waals surface area contributed by atoms with Crippen LogP contribution in [-0.4, -0.2) is 42.0 Å². The predicted molar refractivity (Wildman–Crippen MR) is 127 cm³/mol. The van der Waals surface area contributed by atoms with Crippen LogP contribution in [0.25, 0.3) is 11.4 Å². The van der Waals surface area contributed by atoms with Gasteiger partial charge in [-0.1, -0.05) is 23.9 Å². The van der Waals surface area contributed by atoms with Gasteiger partial charge in [-0.3, -0.25) is 9.36 Å². The van der Waals surface area contributed by atoms with Gasteiger partial charge in [-0.25, -0.2) is 13.6 Å². The van der Waals surface area contributed by atoms with Crippen molar-refractivity contribution in [3.05, 3.63) is 72.7 Å². The Labute approximate surface area is 200 Å². The number of rotatable bonds is 9. The van der Waals surface area contributed by atoms with Crippen LogP contribution >= 0.6 is 11.8 Å². The number of furan rings is 1. The Bertz CT molecular complexity index is 1380. The molecule has 34 heavy (non-hydrogen) atoms. The second-order valence-corrected chi connectivity index (χ2v) is 9.61. The molecule has 2 aromatic heterocycles. The number of hydrogen-bond acceptors (Lipinski definition) is 8. The lowest BCUT2D eigenvalue weighted by Crippen LogP contribution is -2.15. The second-order valence-electron chi connectivity index (χ2n) is 7.11. The SMILES string of the molecule is COc1cccc(-c2nnc(SCC(=O)Nc3ccc(S(N)(=O)=O)cc3)n2Cc2ccco2)c1. The van der Waals surface area contributed by atoms with Gasteiger partial charge in [-0.15, -0.1) is 10.2 Å². The number of aromatic nitrogens is 3. The van der Waals surface area contributed by atoms with E-state index in [0.29, 0.717) is 34.7 Å². The average molecular weight is 500 g/mol. The van der Waals surface area contributed by atoms with E-state index in [1.54, 1.807) is 19.4 Å². The molecular formula is C22H21N5O5S2. The molecule has 0 radical (unpaired) electrons. The van der Waals surface area contributed by atoms with Gasteiger partial charge in [0.1, 0.15) is 11.5 Å². The zero-order valence-electron chi connectivity index (χ0n) is 18.0. The Kier molecular flexibility index (Phi) is 7.01. The Balaban J connectivity index is 1.51. The lowest BCUT2D eigenvalue weighted by Gasteiger charge is -2.10. The summed E-state index contributed by atoms with van der Waals surface area (Å²) in [7, 11) is -2.20. The van der Waals surface area contributed by atoms with Crippen LogP contribution in [0.15, 0.2) is 81.4 Å². The molecule has 4 aromatic rings. The zero-order chi connectivity index (χ0) is 24.1. The van der Waals surface area contributed by atoms with Crippen LogP contribution in [0.1, 0.15) is 5.76 Å². The number of hydrogen-bond donors (Lipinski definition) is 2. The molecule has 0 saturated carbocycles. The van der Waals surface area contributed by atoms with E-state index >= 15 is 0 Å². The number of nitrogens with one attached hydrogen (secondary N) is 1. The number of methoxy groups -OCH3 is 1. The summed E-state index contributed by atoms with van der Waals surface area (Å²) in [6.07, 6.45) is 1.59. The fourth-order valence-corrected chi connectivity index (χ4v) is 4.38. The first-order valence-electron chi connectivity index (χ1n) is 9.99. The quantitative estimate of drug-likeness (QED) is 0.335. The summed E-state index contributed by atoms with van der Waals surface area (Å²) in [5.41, 5.74) is 1.26. The molecule has 0 unspecified atom stereocenters. The molecule has 0 saturated heterocycles. The average Bonchev–Trinajstić information content (AvgIpc) is 3.48. The van der Waals surface area contributed by atoms with E-state index in [9.17, 15) is 13.2 Å². The fraction of sp³-hybridized carbons (Fsp3) is 0.136. The molecular weight excluding hydrogens is 478 g/mol. The summed E-state index contributed by atoms with van der Waals surface area (Å²) in [5.74, 6) is 1.78. The van der Waals surface area contributed by atoms with E-state index in [0.717, 1.165) is 5.56 Å². The van der Waals surface area contributed by atoms with Gasteiger partial charge in [-0.2, -0.15) is 0 Å². The summed E-state index contributed by atoms with van der Waals surface area (Å²) in [6, 6.07) is 16.7. The highest BCUT2D eigenvalue weighted by Gasteiger charge is 2.18. The van der Waals surface area contributed by atoms with Crippen LogP contribution in [0.5, 0.6) is 5.75 Å². The number of thioether (sulfide) groups is 1. The molecule has 0 fully saturated rings. The van der Waals surface area contributed by atoms with Crippen LogP contribution in [0.2, 0.25) is 0 Å². The van der Waals surface area contributed by atoms with Crippen molar-refractivity contribution in [1.82, 2.24) is 14.8 Å². The molecule has 2 aromatic carbocycles. The van der Waals surface area contributed by atoms with Crippen LogP contribution < -0.4 is 15.2 Å². The first-order valence-corrected chi connectivity index (χ1v) is 12.5. The third-order valence-corrected chi connectivity index (χ3v) is 6.63. The van der Waals surface area contributed by atoms with Crippen molar-refractivity contribution in [3.8, 4) is 17.1 Å². The van der Waals surface area contributed by atoms with Crippen LogP contribution in [-0.2, 0) is 21.4 Å². The number of sulfonamides is 1. The lowest BCUT2D eigenvalue weighted by molar-refractivity contribution is -0.113. The van der Waals surface area contributed by atoms with Gasteiger partial charge in [0.25, 0.3) is 0 Å². The molecule has 0 spiro atoms. The summed E-state index contributed by atoms with van der Waals surface area (Å²) in [5, 5.41) is 17.0. The number of ether oxygens (including phenoxy) is 1. The van der Waals surface area contributed by atoms with Gasteiger partial charge in [0.2, 0.25) is 15.9 Å². The summed E-state index contributed by atoms with van der Waals surface area (Å²) in [6.45, 7) is 0.380. The summed E-state index contributed by atoms with van der Waals surface area (Å²) < 4.78 is 35.4. The number of anilines is 1. The van der Waals surface area contributed by atoms with Crippen molar-refractivity contribution in [2.75, 3.05) is 18.2 Å². The van der Waals surface area contributed by atoms with Gasteiger partial charge in [0.05, 0.1) is 30.6 Å². The second kappa shape index (κ2) is 10.1. The van der Waals surface area contributed by atoms with Gasteiger partial charge >= 0.3 is 0 Å². The maximum Gasteiger partial charge on any atom is 0.238 e. The van der Waals surface area contributed by atoms with Crippen molar-refractivity contribution in [2.45, 2.75) is 16.6 Å². The number of carbonyl (C=O) groups excluding carboxylic acids is 1. The van der Waals surface area contributed by atoms with Crippen molar-refractivity contribution in [2.24, 2.45) is 5.14 Å². The van der Waals surface area contributed by atoms with Gasteiger partial charge < -0.3 is 14.5 Å². The topological polar surface area (TPSA) is 142 Å². The predicted octanol–water partition coefficient (Wildman–Crippen LogP) is 2.97. The molecule has 0 bridgehead atoms. The number of nitrogens with zero attached hydrogens (tertiary/aromatic N) is 3. The van der Waals surface area contributed by atoms with E-state index < -0.39 is 10.0 Å². The molecule has 2 heterocycles. The number of benzene rings is 2. The smallest absolute Gasteiger partial charge is 0.238 e. The molecule has 12 heteroatoms. The molecule has 3 N–H and O–H groups in total. The minimum atomic E-state index is -3.80. The highest BCUT2D eigenvalue weighted by atomic mass is 32.2. The normalized spacial score (nSPS) is 11.4. The number of amides is 1. The molecule has 0 aliphatic rings. The lowest BCUT2D eigenvalue weighted by atomic mass is 10.2. The minimum absolute atomic E-state index is 0.0315. The maximum absolute atomic E-state index is 12.5. The molecule has 10 nitrogen and oxygen atoms in total. The number of nitrogens with two attached hydrogens (primary N) is 1. The fourth-order valence-electron chi connectivity index (χ4n) is 3.13. The standard InChI is InChI=1S/C22H21N5O5S2/c1-31-17-5-2-4-15(12-17)21-25-26-22(27(21)13-18-6-3-11-32-18)33-14-20(28)24-16-7-9-19(10-8-16)34(23,29)30/h2-12H,13-14H2,1H3,(H,24,28)(H2,23,29,30). The number of carbonyl (C=O) groups is 1. The minimum Gasteiger partial charge on any atom is -0.497 e. The highest BCUT2D eigenvalue weighted by molar-refractivity contribution is 7.99. The van der Waals surface area contributed by atoms with E-state index in [1.165, 1.54) is 36.0 Å². The highest BCUT2D eigenvalue weighted by Crippen LogP contribution is 2.27. The molecule has 176 valence electrons. The maximum atomic E-state index is 12.5. The van der Waals surface area contributed by atoms with Crippen molar-refractivity contribution >= 4 is 33.4 Å². The Morgan fingerprint density at radius 3 is 2.62 bits per heavy atom. The first-order chi connectivity index (χ1) is 16.3. The third kappa shape index (κ3) is 5.65. The van der Waals surface area contributed by atoms with Crippen molar-refractivity contribution in [1.29, 1.82) is 0 Å². The number of primary sulfonamides is 1. The van der Waals surface area contributed by atoms with E-state index in [1.807, 2.05) is 34.9 Å². The molecule has 0 aliphatic heterocycles. The van der Waals surface area contributed by atoms with Gasteiger partial charge in [0.15, 0.2) is 11.0 Å². The van der Waals surface area contributed by atoms with Crippen LogP contribution in [0.4, 0.5) is 5.69 Å². The molecule has 0 atom stereocenters. The Morgan fingerprint density at radius 2 is 1.94 bits per heavy atom. The summed E-state index contributed by atoms with van der Waals surface area (Å²) in [4.78, 5) is 12.5. The third-order valence-electron chi connectivity index (χ3n) is 4.74. The van der Waals surface area contributed by atoms with Crippen molar-refractivity contribution in [3.63, 3.8) is 0 Å². The van der Waals surface area contributed by atoms with E-state index in [-0.39, 0.29) is 16.6 Å². The van der Waals surface area contributed by atoms with Crippen molar-refractivity contribution < 1.29 is 22.4 Å². The summed E-state index contributed by atoms with van der Waals surface area (Å²) >= 11 is 1.22. The van der Waals surface area contributed by atoms with E-state index in [2.05, 4.69) is 15.5 Å². The largest absolute Gasteiger partial charge is 0.497 e. The van der Waals surface area contributed by atoms with Gasteiger partial charge in [0, 0.05) is 11.3 Å². The monoisotopic (exact) mass is 499 g/mol. The molecule has 1 amide bonds. The molecule has 4 rings (SSSR count).